The smallest absolute Gasteiger partial charge is 0.417 e. The highest BCUT2D eigenvalue weighted by Crippen LogP contribution is 2.30. The van der Waals surface area contributed by atoms with Gasteiger partial charge in [-0.05, 0) is 42.7 Å². The first kappa shape index (κ1) is 18.0. The summed E-state index contributed by atoms with van der Waals surface area (Å²) in [5.41, 5.74) is 1.52. The predicted molar refractivity (Wildman–Crippen MR) is 94.4 cm³/mol. The molecule has 0 aliphatic heterocycles. The molecule has 0 aliphatic carbocycles. The Balaban J connectivity index is 2.18. The fraction of sp³-hybridized carbons (Fsp3) is 0.167. The quantitative estimate of drug-likeness (QED) is 0.481. The van der Waals surface area contributed by atoms with Crippen molar-refractivity contribution in [1.82, 2.24) is 0 Å². The molecule has 0 aliphatic rings. The van der Waals surface area contributed by atoms with Gasteiger partial charge < -0.3 is 9.47 Å². The summed E-state index contributed by atoms with van der Waals surface area (Å²) >= 11 is 0. The minimum absolute atomic E-state index is 0.0582. The minimum atomic E-state index is -0.846. The van der Waals surface area contributed by atoms with Crippen LogP contribution in [0.15, 0.2) is 49.1 Å². The number of carbonyl (C=O) groups is 1. The zero-order valence-corrected chi connectivity index (χ0v) is 13.9. The number of allylic oxidation sites excluding steroid dienone is 1. The molecule has 0 fully saturated rings. The molecular formula is C18H18N2O5. The number of nitrogens with one attached hydrogen (secondary N) is 1. The van der Waals surface area contributed by atoms with Crippen molar-refractivity contribution in [3.8, 4) is 11.5 Å². The van der Waals surface area contributed by atoms with Crippen LogP contribution in [0.4, 0.5) is 16.2 Å². The second kappa shape index (κ2) is 7.96. The Labute approximate surface area is 145 Å². The number of methoxy groups -OCH3 is 1. The molecule has 130 valence electrons. The fourth-order valence-corrected chi connectivity index (χ4v) is 2.22. The number of nitrogens with zero attached hydrogens (tertiary/aromatic N) is 1. The van der Waals surface area contributed by atoms with Crippen LogP contribution in [0.3, 0.4) is 0 Å². The van der Waals surface area contributed by atoms with Crippen molar-refractivity contribution >= 4 is 17.5 Å². The second-order valence-corrected chi connectivity index (χ2v) is 5.27. The van der Waals surface area contributed by atoms with Gasteiger partial charge in [0.05, 0.1) is 12.0 Å². The van der Waals surface area contributed by atoms with Gasteiger partial charge in [0, 0.05) is 6.07 Å². The van der Waals surface area contributed by atoms with Gasteiger partial charge in [0.25, 0.3) is 5.69 Å². The van der Waals surface area contributed by atoms with Crippen LogP contribution in [0.25, 0.3) is 0 Å². The van der Waals surface area contributed by atoms with Crippen molar-refractivity contribution in [3.63, 3.8) is 0 Å². The monoisotopic (exact) mass is 342 g/mol. The van der Waals surface area contributed by atoms with Gasteiger partial charge >= 0.3 is 6.09 Å². The molecule has 25 heavy (non-hydrogen) atoms. The first-order valence-electron chi connectivity index (χ1n) is 7.46. The number of anilines is 1. The topological polar surface area (TPSA) is 90.7 Å². The molecule has 0 bridgehead atoms. The minimum Gasteiger partial charge on any atom is -0.493 e. The Morgan fingerprint density at radius 1 is 1.28 bits per heavy atom. The van der Waals surface area contributed by atoms with Gasteiger partial charge in [-0.25, -0.2) is 4.79 Å². The molecule has 0 heterocycles. The van der Waals surface area contributed by atoms with Crippen LogP contribution < -0.4 is 14.8 Å². The van der Waals surface area contributed by atoms with Crippen LogP contribution in [-0.2, 0) is 6.42 Å². The third-order valence-electron chi connectivity index (χ3n) is 3.40. The maximum atomic E-state index is 12.1. The van der Waals surface area contributed by atoms with E-state index in [0.717, 1.165) is 5.56 Å². The van der Waals surface area contributed by atoms with E-state index in [-0.39, 0.29) is 17.1 Å². The van der Waals surface area contributed by atoms with Crippen molar-refractivity contribution in [1.29, 1.82) is 0 Å². The molecule has 2 rings (SSSR count). The highest BCUT2D eigenvalue weighted by atomic mass is 16.6. The highest BCUT2D eigenvalue weighted by molar-refractivity contribution is 5.89. The number of aryl methyl sites for hydroxylation is 1. The summed E-state index contributed by atoms with van der Waals surface area (Å²) in [6, 6.07) is 9.60. The maximum absolute atomic E-state index is 12.1. The molecule has 0 unspecified atom stereocenters. The number of hydrogen-bond donors (Lipinski definition) is 1. The first-order chi connectivity index (χ1) is 11.9. The Bertz CT molecular complexity index is 817. The van der Waals surface area contributed by atoms with E-state index in [1.807, 2.05) is 0 Å². The van der Waals surface area contributed by atoms with Crippen LogP contribution in [0.1, 0.15) is 11.1 Å². The summed E-state index contributed by atoms with van der Waals surface area (Å²) in [6.45, 7) is 5.39. The molecule has 0 radical (unpaired) electrons. The van der Waals surface area contributed by atoms with E-state index in [9.17, 15) is 14.9 Å². The summed E-state index contributed by atoms with van der Waals surface area (Å²) in [5, 5.41) is 13.5. The van der Waals surface area contributed by atoms with Crippen molar-refractivity contribution in [2.45, 2.75) is 13.3 Å². The van der Waals surface area contributed by atoms with Gasteiger partial charge in [-0.15, -0.1) is 6.58 Å². The molecule has 7 nitrogen and oxygen atoms in total. The van der Waals surface area contributed by atoms with Gasteiger partial charge in [-0.2, -0.15) is 0 Å². The van der Waals surface area contributed by atoms with Crippen molar-refractivity contribution in [2.24, 2.45) is 0 Å². The first-order valence-corrected chi connectivity index (χ1v) is 7.46. The summed E-state index contributed by atoms with van der Waals surface area (Å²) in [5.74, 6) is 0.593. The number of hydrogen-bond acceptors (Lipinski definition) is 5. The lowest BCUT2D eigenvalue weighted by atomic mass is 10.1. The van der Waals surface area contributed by atoms with Crippen LogP contribution in [0.2, 0.25) is 0 Å². The largest absolute Gasteiger partial charge is 0.493 e. The number of nitro groups is 1. The summed E-state index contributed by atoms with van der Waals surface area (Å²) in [7, 11) is 1.46. The molecular weight excluding hydrogens is 324 g/mol. The maximum Gasteiger partial charge on any atom is 0.417 e. The van der Waals surface area contributed by atoms with Crippen LogP contribution in [0, 0.1) is 17.0 Å². The number of ether oxygens (including phenoxy) is 2. The molecule has 0 atom stereocenters. The second-order valence-electron chi connectivity index (χ2n) is 5.27. The lowest BCUT2D eigenvalue weighted by Gasteiger charge is -2.11. The van der Waals surface area contributed by atoms with Crippen molar-refractivity contribution in [2.75, 3.05) is 12.4 Å². The average molecular weight is 342 g/mol. The Morgan fingerprint density at radius 3 is 2.68 bits per heavy atom. The Kier molecular flexibility index (Phi) is 5.73. The molecule has 1 amide bonds. The molecule has 0 saturated carbocycles. The third-order valence-corrected chi connectivity index (χ3v) is 3.40. The van der Waals surface area contributed by atoms with E-state index >= 15 is 0 Å². The Hall–Kier alpha value is -3.35. The third kappa shape index (κ3) is 4.57. The molecule has 2 aromatic rings. The molecule has 1 N–H and O–H groups in total. The SMILES string of the molecule is C=CCc1ccc(OC(=O)Nc2ccc(C)cc2[N+](=O)[O-])c(OC)c1. The fourth-order valence-electron chi connectivity index (χ4n) is 2.22. The van der Waals surface area contributed by atoms with Gasteiger partial charge in [0.2, 0.25) is 0 Å². The van der Waals surface area contributed by atoms with E-state index in [1.54, 1.807) is 37.3 Å². The van der Waals surface area contributed by atoms with Crippen molar-refractivity contribution < 1.29 is 19.2 Å². The van der Waals surface area contributed by atoms with Gasteiger partial charge in [0.1, 0.15) is 5.69 Å². The molecule has 7 heteroatoms. The lowest BCUT2D eigenvalue weighted by Crippen LogP contribution is -2.18. The van der Waals surface area contributed by atoms with E-state index < -0.39 is 11.0 Å². The van der Waals surface area contributed by atoms with Crippen LogP contribution >= 0.6 is 0 Å². The normalized spacial score (nSPS) is 10.0. The molecule has 0 spiro atoms. The van der Waals surface area contributed by atoms with Crippen LogP contribution in [-0.4, -0.2) is 18.1 Å². The van der Waals surface area contributed by atoms with Gasteiger partial charge in [-0.1, -0.05) is 18.2 Å². The predicted octanol–water partition coefficient (Wildman–Crippen LogP) is 4.25. The summed E-state index contributed by atoms with van der Waals surface area (Å²) < 4.78 is 10.4. The summed E-state index contributed by atoms with van der Waals surface area (Å²) in [6.07, 6.45) is 1.55. The lowest BCUT2D eigenvalue weighted by molar-refractivity contribution is -0.384. The number of amides is 1. The molecule has 0 saturated heterocycles. The number of rotatable bonds is 6. The molecule has 0 aromatic heterocycles. The molecule has 2 aromatic carbocycles. The van der Waals surface area contributed by atoms with Gasteiger partial charge in [-0.3, -0.25) is 15.4 Å². The zero-order chi connectivity index (χ0) is 18.4. The van der Waals surface area contributed by atoms with Crippen LogP contribution in [0.5, 0.6) is 11.5 Å². The van der Waals surface area contributed by atoms with E-state index in [4.69, 9.17) is 9.47 Å². The van der Waals surface area contributed by atoms with Crippen molar-refractivity contribution in [3.05, 3.63) is 70.3 Å². The zero-order valence-electron chi connectivity index (χ0n) is 13.9. The standard InChI is InChI=1S/C18H18N2O5/c1-4-5-13-7-9-16(17(11-13)24-3)25-18(21)19-14-8-6-12(2)10-15(14)20(22)23/h4,6-11H,1,5H2,2-3H3,(H,19,21). The Morgan fingerprint density at radius 2 is 2.04 bits per heavy atom. The van der Waals surface area contributed by atoms with E-state index in [0.29, 0.717) is 17.7 Å². The summed E-state index contributed by atoms with van der Waals surface area (Å²) in [4.78, 5) is 22.6. The average Bonchev–Trinajstić information content (AvgIpc) is 2.57. The highest BCUT2D eigenvalue weighted by Gasteiger charge is 2.18. The number of carbonyl (C=O) groups excluding carboxylic acids is 1. The number of benzene rings is 2. The number of nitro benzene ring substituents is 1. The van der Waals surface area contributed by atoms with E-state index in [1.165, 1.54) is 19.2 Å². The van der Waals surface area contributed by atoms with E-state index in [2.05, 4.69) is 11.9 Å². The van der Waals surface area contributed by atoms with Gasteiger partial charge in [0.15, 0.2) is 11.5 Å².